The number of rotatable bonds is 2. The monoisotopic (exact) mass is 253 g/mol. The number of halogens is 2. The molecule has 0 heterocycles. The van der Waals surface area contributed by atoms with Gasteiger partial charge < -0.3 is 0 Å². The summed E-state index contributed by atoms with van der Waals surface area (Å²) in [5.41, 5.74) is 1.53. The third-order valence-electron chi connectivity index (χ3n) is 2.01. The number of benzene rings is 1. The van der Waals surface area contributed by atoms with Crippen LogP contribution in [0.2, 0.25) is 0 Å². The molecular formula is C8H9Cl2NO2S. The molecule has 0 saturated heterocycles. The summed E-state index contributed by atoms with van der Waals surface area (Å²) in [7, 11) is -3.77. The summed E-state index contributed by atoms with van der Waals surface area (Å²) in [6.07, 6.45) is 0. The highest BCUT2D eigenvalue weighted by Crippen LogP contribution is 2.24. The molecule has 3 nitrogen and oxygen atoms in total. The molecule has 1 aromatic rings. The number of hydrogen-bond acceptors (Lipinski definition) is 2. The van der Waals surface area contributed by atoms with Crippen molar-refractivity contribution in [3.8, 4) is 0 Å². The summed E-state index contributed by atoms with van der Waals surface area (Å²) in [5, 5.41) is 0. The molecule has 0 aliphatic heterocycles. The number of hydrogen-bond donors (Lipinski definition) is 0. The van der Waals surface area contributed by atoms with Crippen molar-refractivity contribution in [3.63, 3.8) is 0 Å². The molecule has 0 amide bonds. The highest BCUT2D eigenvalue weighted by atomic mass is 35.5. The van der Waals surface area contributed by atoms with E-state index in [0.717, 1.165) is 5.56 Å². The number of sulfonamides is 1. The van der Waals surface area contributed by atoms with Crippen molar-refractivity contribution in [1.82, 2.24) is 3.34 Å². The molecule has 0 radical (unpaired) electrons. The maximum atomic E-state index is 11.6. The second-order valence-electron chi connectivity index (χ2n) is 2.88. The number of aryl methyl sites for hydroxylation is 1. The molecule has 0 unspecified atom stereocenters. The predicted octanol–water partition coefficient (Wildman–Crippen LogP) is 2.60. The number of nitrogens with zero attached hydrogens (tertiary/aromatic N) is 1. The lowest BCUT2D eigenvalue weighted by Crippen LogP contribution is -2.14. The van der Waals surface area contributed by atoms with Gasteiger partial charge >= 0.3 is 0 Å². The van der Waals surface area contributed by atoms with E-state index >= 15 is 0 Å². The maximum Gasteiger partial charge on any atom is 0.270 e. The molecule has 0 atom stereocenters. The van der Waals surface area contributed by atoms with Crippen molar-refractivity contribution in [2.45, 2.75) is 18.7 Å². The Morgan fingerprint density at radius 1 is 1.21 bits per heavy atom. The summed E-state index contributed by atoms with van der Waals surface area (Å²) in [4.78, 5) is 0.127. The fourth-order valence-corrected chi connectivity index (χ4v) is 2.47. The van der Waals surface area contributed by atoms with E-state index in [2.05, 4.69) is 0 Å². The Balaban J connectivity index is 3.42. The molecule has 0 N–H and O–H groups in total. The normalized spacial score (nSPS) is 12.1. The SMILES string of the molecule is Cc1cccc(S(=O)(=O)N(Cl)Cl)c1C. The van der Waals surface area contributed by atoms with Crippen LogP contribution in [0, 0.1) is 13.8 Å². The van der Waals surface area contributed by atoms with Crippen molar-refractivity contribution in [2.24, 2.45) is 0 Å². The first-order valence-corrected chi connectivity index (χ1v) is 5.92. The summed E-state index contributed by atoms with van der Waals surface area (Å²) in [6.45, 7) is 3.53. The summed E-state index contributed by atoms with van der Waals surface area (Å²) < 4.78 is 23.3. The van der Waals surface area contributed by atoms with E-state index < -0.39 is 10.0 Å². The second kappa shape index (κ2) is 4.06. The van der Waals surface area contributed by atoms with Crippen LogP contribution in [0.3, 0.4) is 0 Å². The zero-order valence-electron chi connectivity index (χ0n) is 7.66. The highest BCUT2D eigenvalue weighted by Gasteiger charge is 2.23. The molecular weight excluding hydrogens is 245 g/mol. The molecule has 6 heteroatoms. The van der Waals surface area contributed by atoms with Crippen LogP contribution >= 0.6 is 23.6 Å². The van der Waals surface area contributed by atoms with Gasteiger partial charge in [0.25, 0.3) is 10.0 Å². The molecule has 14 heavy (non-hydrogen) atoms. The van der Waals surface area contributed by atoms with Crippen LogP contribution in [-0.4, -0.2) is 11.8 Å². The lowest BCUT2D eigenvalue weighted by atomic mass is 10.1. The third kappa shape index (κ3) is 2.03. The van der Waals surface area contributed by atoms with Gasteiger partial charge in [-0.25, -0.2) is 8.42 Å². The van der Waals surface area contributed by atoms with Crippen molar-refractivity contribution in [3.05, 3.63) is 29.3 Å². The molecule has 0 saturated carbocycles. The Morgan fingerprint density at radius 3 is 2.29 bits per heavy atom. The standard InChI is InChI=1S/C8H9Cl2NO2S/c1-6-4-3-5-8(7(6)2)14(12,13)11(9)10/h3-5H,1-2H3. The Morgan fingerprint density at radius 2 is 1.79 bits per heavy atom. The van der Waals surface area contributed by atoms with Gasteiger partial charge in [0.1, 0.15) is 0 Å². The van der Waals surface area contributed by atoms with E-state index in [0.29, 0.717) is 5.56 Å². The van der Waals surface area contributed by atoms with Gasteiger partial charge in [-0.05, 0) is 34.4 Å². The van der Waals surface area contributed by atoms with Crippen molar-refractivity contribution >= 4 is 33.6 Å². The lowest BCUT2D eigenvalue weighted by molar-refractivity contribution is 0.579. The summed E-state index contributed by atoms with van der Waals surface area (Å²) >= 11 is 10.5. The minimum atomic E-state index is -3.77. The largest absolute Gasteiger partial charge is 0.270 e. The van der Waals surface area contributed by atoms with Gasteiger partial charge in [-0.1, -0.05) is 12.1 Å². The van der Waals surface area contributed by atoms with E-state index in [1.807, 2.05) is 13.0 Å². The van der Waals surface area contributed by atoms with Gasteiger partial charge in [0.2, 0.25) is 0 Å². The zero-order valence-corrected chi connectivity index (χ0v) is 9.99. The molecule has 0 aliphatic carbocycles. The lowest BCUT2D eigenvalue weighted by Gasteiger charge is -2.10. The summed E-state index contributed by atoms with van der Waals surface area (Å²) in [6, 6.07) is 4.93. The van der Waals surface area contributed by atoms with Crippen LogP contribution in [0.4, 0.5) is 0 Å². The van der Waals surface area contributed by atoms with Gasteiger partial charge in [0.15, 0.2) is 0 Å². The average molecular weight is 254 g/mol. The molecule has 1 aromatic carbocycles. The molecule has 78 valence electrons. The van der Waals surface area contributed by atoms with Crippen LogP contribution in [0.1, 0.15) is 11.1 Å². The quantitative estimate of drug-likeness (QED) is 0.761. The van der Waals surface area contributed by atoms with E-state index in [9.17, 15) is 8.42 Å². The zero-order chi connectivity index (χ0) is 10.9. The van der Waals surface area contributed by atoms with Gasteiger partial charge in [0, 0.05) is 23.6 Å². The second-order valence-corrected chi connectivity index (χ2v) is 5.88. The Hall–Kier alpha value is -0.290. The first-order chi connectivity index (χ1) is 6.37. The molecule has 0 fully saturated rings. The maximum absolute atomic E-state index is 11.6. The van der Waals surface area contributed by atoms with E-state index in [1.54, 1.807) is 13.0 Å². The third-order valence-corrected chi connectivity index (χ3v) is 4.47. The van der Waals surface area contributed by atoms with Crippen molar-refractivity contribution < 1.29 is 8.42 Å². The molecule has 1 rings (SSSR count). The Bertz CT molecular complexity index is 443. The van der Waals surface area contributed by atoms with E-state index in [-0.39, 0.29) is 8.24 Å². The molecule has 0 bridgehead atoms. The first-order valence-electron chi connectivity index (χ1n) is 3.80. The smallest absolute Gasteiger partial charge is 0.204 e. The molecule has 0 aromatic heterocycles. The molecule has 0 spiro atoms. The Kier molecular flexibility index (Phi) is 3.42. The molecule has 0 aliphatic rings. The predicted molar refractivity (Wildman–Crippen MR) is 56.6 cm³/mol. The Labute approximate surface area is 93.5 Å². The minimum Gasteiger partial charge on any atom is -0.204 e. The van der Waals surface area contributed by atoms with Gasteiger partial charge in [-0.15, -0.1) is 0 Å². The van der Waals surface area contributed by atoms with Crippen LogP contribution in [0.25, 0.3) is 0 Å². The topological polar surface area (TPSA) is 37.4 Å². The average Bonchev–Trinajstić information content (AvgIpc) is 2.09. The minimum absolute atomic E-state index is 0.127. The summed E-state index contributed by atoms with van der Waals surface area (Å²) in [5.74, 6) is 0. The highest BCUT2D eigenvalue weighted by molar-refractivity contribution is 7.91. The van der Waals surface area contributed by atoms with Crippen LogP contribution in [0.15, 0.2) is 23.1 Å². The van der Waals surface area contributed by atoms with Crippen molar-refractivity contribution in [1.29, 1.82) is 0 Å². The van der Waals surface area contributed by atoms with E-state index in [4.69, 9.17) is 23.6 Å². The van der Waals surface area contributed by atoms with Crippen LogP contribution in [-0.2, 0) is 10.0 Å². The van der Waals surface area contributed by atoms with Crippen LogP contribution in [0.5, 0.6) is 0 Å². The van der Waals surface area contributed by atoms with Gasteiger partial charge in [-0.2, -0.15) is 0 Å². The van der Waals surface area contributed by atoms with Gasteiger partial charge in [-0.3, -0.25) is 0 Å². The van der Waals surface area contributed by atoms with E-state index in [1.165, 1.54) is 6.07 Å². The van der Waals surface area contributed by atoms with Gasteiger partial charge in [0.05, 0.1) is 4.90 Å². The first kappa shape index (κ1) is 11.8. The fourth-order valence-electron chi connectivity index (χ4n) is 1.08. The fraction of sp³-hybridized carbons (Fsp3) is 0.250. The van der Waals surface area contributed by atoms with Crippen molar-refractivity contribution in [2.75, 3.05) is 0 Å². The van der Waals surface area contributed by atoms with Crippen LogP contribution < -0.4 is 0 Å².